The van der Waals surface area contributed by atoms with E-state index in [4.69, 9.17) is 15.2 Å². The van der Waals surface area contributed by atoms with E-state index < -0.39 is 5.56 Å². The number of carbonyl (C=O) groups is 1. The predicted molar refractivity (Wildman–Crippen MR) is 80.3 cm³/mol. The Kier molecular flexibility index (Phi) is 4.27. The lowest BCUT2D eigenvalue weighted by Crippen LogP contribution is -2.13. The van der Waals surface area contributed by atoms with Gasteiger partial charge >= 0.3 is 0 Å². The van der Waals surface area contributed by atoms with Crippen molar-refractivity contribution in [3.63, 3.8) is 0 Å². The molecule has 0 spiro atoms. The van der Waals surface area contributed by atoms with Crippen LogP contribution < -0.4 is 20.8 Å². The van der Waals surface area contributed by atoms with Gasteiger partial charge in [0.15, 0.2) is 5.75 Å². The molecule has 110 valence electrons. The zero-order chi connectivity index (χ0) is 15.4. The molecule has 6 nitrogen and oxygen atoms in total. The van der Waals surface area contributed by atoms with Gasteiger partial charge in [-0.2, -0.15) is 0 Å². The van der Waals surface area contributed by atoms with Crippen LogP contribution in [0.2, 0.25) is 0 Å². The Morgan fingerprint density at radius 2 is 2.14 bits per heavy atom. The van der Waals surface area contributed by atoms with E-state index in [2.05, 4.69) is 4.98 Å². The van der Waals surface area contributed by atoms with Crippen LogP contribution in [0.5, 0.6) is 11.5 Å². The summed E-state index contributed by atoms with van der Waals surface area (Å²) in [5.74, 6) is 0.695. The van der Waals surface area contributed by atoms with Crippen molar-refractivity contribution < 1.29 is 14.3 Å². The Bertz CT molecular complexity index is 762. The lowest BCUT2D eigenvalue weighted by atomic mass is 10.1. The number of nitrogens with one attached hydrogen (secondary N) is 1. The van der Waals surface area contributed by atoms with Crippen LogP contribution in [0.3, 0.4) is 0 Å². The lowest BCUT2D eigenvalue weighted by molar-refractivity contribution is -0.120. The van der Waals surface area contributed by atoms with Crippen LogP contribution >= 0.6 is 0 Å². The zero-order valence-electron chi connectivity index (χ0n) is 11.8. The summed E-state index contributed by atoms with van der Waals surface area (Å²) in [6.07, 6.45) is 2.43. The first kappa shape index (κ1) is 14.6. The van der Waals surface area contributed by atoms with Gasteiger partial charge in [-0.05, 0) is 31.2 Å². The Morgan fingerprint density at radius 1 is 1.38 bits per heavy atom. The molecule has 0 aliphatic heterocycles. The highest BCUT2D eigenvalue weighted by Gasteiger charge is 2.17. The minimum absolute atomic E-state index is 0.171. The maximum Gasteiger partial charge on any atom is 0.298 e. The molecule has 0 aliphatic rings. The van der Waals surface area contributed by atoms with Gasteiger partial charge < -0.3 is 20.2 Å². The van der Waals surface area contributed by atoms with Crippen molar-refractivity contribution in [1.82, 2.24) is 4.98 Å². The van der Waals surface area contributed by atoms with E-state index in [9.17, 15) is 9.59 Å². The average Bonchev–Trinajstić information content (AvgIpc) is 2.47. The number of nitrogen functional groups attached to an aromatic ring is 1. The normalized spacial score (nSPS) is 11.4. The van der Waals surface area contributed by atoms with Gasteiger partial charge in [0, 0.05) is 17.5 Å². The summed E-state index contributed by atoms with van der Waals surface area (Å²) < 4.78 is 10.5. The first-order valence-electron chi connectivity index (χ1n) is 6.49. The number of hydrogen-bond donors (Lipinski definition) is 2. The van der Waals surface area contributed by atoms with Gasteiger partial charge in [0.05, 0.1) is 11.3 Å². The summed E-state index contributed by atoms with van der Waals surface area (Å²) in [7, 11) is 0. The Hall–Kier alpha value is -2.76. The molecule has 1 heterocycles. The van der Waals surface area contributed by atoms with E-state index >= 15 is 0 Å². The minimum Gasteiger partial charge on any atom is -0.457 e. The number of aromatic nitrogens is 1. The molecule has 0 unspecified atom stereocenters. The molecule has 0 saturated heterocycles. The predicted octanol–water partition coefficient (Wildman–Crippen LogP) is 2.34. The minimum atomic E-state index is -0.554. The van der Waals surface area contributed by atoms with Crippen LogP contribution in [0.1, 0.15) is 20.3 Å². The second-order valence-corrected chi connectivity index (χ2v) is 4.34. The largest absolute Gasteiger partial charge is 0.457 e. The fraction of sp³-hybridized carbons (Fsp3) is 0.200. The molecule has 1 aromatic carbocycles. The summed E-state index contributed by atoms with van der Waals surface area (Å²) in [6, 6.07) is 5.01. The van der Waals surface area contributed by atoms with Gasteiger partial charge in [-0.25, -0.2) is 0 Å². The van der Waals surface area contributed by atoms with Crippen LogP contribution in [0.25, 0.3) is 10.9 Å². The molecule has 21 heavy (non-hydrogen) atoms. The number of rotatable bonds is 5. The molecule has 0 saturated carbocycles. The molecule has 3 N–H and O–H groups in total. The second-order valence-electron chi connectivity index (χ2n) is 4.34. The van der Waals surface area contributed by atoms with Crippen molar-refractivity contribution in [1.29, 1.82) is 0 Å². The fourth-order valence-corrected chi connectivity index (χ4v) is 1.99. The van der Waals surface area contributed by atoms with Crippen LogP contribution in [-0.2, 0) is 4.79 Å². The molecule has 1 aromatic heterocycles. The molecule has 6 heteroatoms. The maximum atomic E-state index is 12.0. The number of carbonyl (C=O) groups excluding carboxylic acids is 1. The number of aromatic amines is 1. The first-order valence-corrected chi connectivity index (χ1v) is 6.49. The highest BCUT2D eigenvalue weighted by atomic mass is 16.5. The molecule has 0 bridgehead atoms. The lowest BCUT2D eigenvalue weighted by Gasteiger charge is -2.13. The number of H-pyrrole nitrogens is 1. The molecular weight excluding hydrogens is 272 g/mol. The number of hydrogen-bond acceptors (Lipinski definition) is 5. The van der Waals surface area contributed by atoms with Gasteiger partial charge in [-0.3, -0.25) is 9.59 Å². The molecule has 0 atom stereocenters. The number of pyridine rings is 1. The summed E-state index contributed by atoms with van der Waals surface area (Å²) in [5, 5.41) is 0.605. The van der Waals surface area contributed by atoms with Crippen LogP contribution in [0.15, 0.2) is 34.8 Å². The number of allylic oxidation sites excluding steroid dienone is 2. The van der Waals surface area contributed by atoms with Crippen LogP contribution in [0.4, 0.5) is 5.69 Å². The molecule has 0 fully saturated rings. The standard InChI is InChI=1S/C15H16N2O4/c1-3-10(4-2)21-13-11-6-5-9(16)7-12(11)17-15(19)14(13)20-8-18/h3,5-8H,4,16H2,1-2H3,(H,17,19). The van der Waals surface area contributed by atoms with E-state index in [1.54, 1.807) is 24.3 Å². The third kappa shape index (κ3) is 2.89. The summed E-state index contributed by atoms with van der Waals surface area (Å²) in [5.41, 5.74) is 6.18. The Morgan fingerprint density at radius 3 is 2.76 bits per heavy atom. The molecule has 0 aliphatic carbocycles. The van der Waals surface area contributed by atoms with Crippen LogP contribution in [0, 0.1) is 0 Å². The van der Waals surface area contributed by atoms with E-state index in [0.717, 1.165) is 0 Å². The van der Waals surface area contributed by atoms with Crippen molar-refractivity contribution in [2.75, 3.05) is 5.73 Å². The van der Waals surface area contributed by atoms with Gasteiger partial charge in [0.25, 0.3) is 12.0 Å². The average molecular weight is 288 g/mol. The molecule has 0 amide bonds. The molecule has 2 aromatic rings. The van der Waals surface area contributed by atoms with Crippen LogP contribution in [-0.4, -0.2) is 11.5 Å². The highest BCUT2D eigenvalue weighted by molar-refractivity contribution is 5.89. The fourth-order valence-electron chi connectivity index (χ4n) is 1.99. The topological polar surface area (TPSA) is 94.4 Å². The monoisotopic (exact) mass is 288 g/mol. The van der Waals surface area contributed by atoms with Gasteiger partial charge in [0.1, 0.15) is 0 Å². The summed E-state index contributed by atoms with van der Waals surface area (Å²) in [6.45, 7) is 3.94. The zero-order valence-corrected chi connectivity index (χ0v) is 11.8. The molecular formula is C15H16N2O4. The van der Waals surface area contributed by atoms with Crippen molar-refractivity contribution in [2.45, 2.75) is 20.3 Å². The Labute approximate surface area is 121 Å². The van der Waals surface area contributed by atoms with Crippen molar-refractivity contribution in [3.05, 3.63) is 40.4 Å². The third-order valence-corrected chi connectivity index (χ3v) is 3.02. The third-order valence-electron chi connectivity index (χ3n) is 3.02. The van der Waals surface area contributed by atoms with E-state index in [-0.39, 0.29) is 18.0 Å². The van der Waals surface area contributed by atoms with Crippen molar-refractivity contribution in [3.8, 4) is 11.5 Å². The smallest absolute Gasteiger partial charge is 0.298 e. The summed E-state index contributed by atoms with van der Waals surface area (Å²) in [4.78, 5) is 25.3. The highest BCUT2D eigenvalue weighted by Crippen LogP contribution is 2.34. The first-order chi connectivity index (χ1) is 10.1. The van der Waals surface area contributed by atoms with Crippen molar-refractivity contribution in [2.24, 2.45) is 0 Å². The van der Waals surface area contributed by atoms with E-state index in [0.29, 0.717) is 28.8 Å². The Balaban J connectivity index is 2.74. The number of nitrogens with two attached hydrogens (primary N) is 1. The van der Waals surface area contributed by atoms with E-state index in [1.807, 2.05) is 13.8 Å². The maximum absolute atomic E-state index is 12.0. The quantitative estimate of drug-likeness (QED) is 0.500. The van der Waals surface area contributed by atoms with E-state index in [1.165, 1.54) is 0 Å². The van der Waals surface area contributed by atoms with Gasteiger partial charge in [0.2, 0.25) is 5.75 Å². The number of benzene rings is 1. The number of ether oxygens (including phenoxy) is 2. The summed E-state index contributed by atoms with van der Waals surface area (Å²) >= 11 is 0. The number of fused-ring (bicyclic) bond motifs is 1. The molecule has 0 radical (unpaired) electrons. The molecule has 2 rings (SSSR count). The SMILES string of the molecule is CC=C(CC)Oc1c(OC=O)c(=O)[nH]c2cc(N)ccc12. The second kappa shape index (κ2) is 6.13. The van der Waals surface area contributed by atoms with Gasteiger partial charge in [-0.1, -0.05) is 6.92 Å². The number of anilines is 1. The van der Waals surface area contributed by atoms with Crippen molar-refractivity contribution >= 4 is 23.1 Å². The van der Waals surface area contributed by atoms with Gasteiger partial charge in [-0.15, -0.1) is 0 Å².